The number of ether oxygens (including phenoxy) is 4. The van der Waals surface area contributed by atoms with E-state index in [1.54, 1.807) is 6.08 Å². The van der Waals surface area contributed by atoms with Gasteiger partial charge in [0.2, 0.25) is 0 Å². The molecule has 4 N–H and O–H groups in total. The summed E-state index contributed by atoms with van der Waals surface area (Å²) in [6.45, 7) is 8.06. The van der Waals surface area contributed by atoms with Gasteiger partial charge in [0.25, 0.3) is 0 Å². The molecule has 2 saturated heterocycles. The van der Waals surface area contributed by atoms with Gasteiger partial charge in [0.1, 0.15) is 12.2 Å². The van der Waals surface area contributed by atoms with Crippen LogP contribution in [0.2, 0.25) is 0 Å². The molecule has 2 radical (unpaired) electrons. The average molecular weight is 598 g/mol. The number of aliphatic hydroxyl groups is 4. The molecule has 0 spiro atoms. The van der Waals surface area contributed by atoms with E-state index in [0.29, 0.717) is 6.29 Å². The van der Waals surface area contributed by atoms with E-state index in [9.17, 15) is 15.0 Å². The molecule has 2 aliphatic heterocycles. The van der Waals surface area contributed by atoms with Crippen LogP contribution in [-0.4, -0.2) is 90.1 Å². The molecule has 31 heavy (non-hydrogen) atoms. The third-order valence-corrected chi connectivity index (χ3v) is 3.76. The molecule has 0 bridgehead atoms. The monoisotopic (exact) mass is 598 g/mol. The molecule has 0 aromatic heterocycles. The minimum Gasteiger partial charge on any atom is -0.422 e. The Morgan fingerprint density at radius 1 is 0.871 bits per heavy atom. The van der Waals surface area contributed by atoms with Crippen molar-refractivity contribution >= 4 is 6.29 Å². The van der Waals surface area contributed by atoms with Crippen LogP contribution >= 0.6 is 0 Å². The van der Waals surface area contributed by atoms with Gasteiger partial charge in [0.05, 0.1) is 12.2 Å². The van der Waals surface area contributed by atoms with Gasteiger partial charge < -0.3 is 44.2 Å². The van der Waals surface area contributed by atoms with Gasteiger partial charge in [-0.2, -0.15) is 0 Å². The van der Waals surface area contributed by atoms with Crippen molar-refractivity contribution in [3.63, 3.8) is 0 Å². The van der Waals surface area contributed by atoms with Gasteiger partial charge >= 0.3 is 0 Å². The maximum atomic E-state index is 10.3. The largest absolute Gasteiger partial charge is 0.422 e. The van der Waals surface area contributed by atoms with Crippen molar-refractivity contribution in [3.8, 4) is 0 Å². The maximum absolute atomic E-state index is 10.3. The summed E-state index contributed by atoms with van der Waals surface area (Å²) in [5.41, 5.74) is 1.03. The average Bonchev–Trinajstić information content (AvgIpc) is 2.68. The number of carbonyl (C=O) groups is 1. The second kappa shape index (κ2) is 20.7. The maximum Gasteiger partial charge on any atom is 0.151 e. The molecule has 0 saturated carbocycles. The Morgan fingerprint density at radius 3 is 1.55 bits per heavy atom. The Balaban J connectivity index is -0.000000427. The second-order valence-corrected chi connectivity index (χ2v) is 6.84. The molecule has 0 aliphatic carbocycles. The molecule has 0 aromatic rings. The van der Waals surface area contributed by atoms with Gasteiger partial charge in [-0.15, -0.1) is 0 Å². The van der Waals surface area contributed by atoms with E-state index in [4.69, 9.17) is 29.2 Å². The van der Waals surface area contributed by atoms with Crippen LogP contribution in [0.4, 0.5) is 0 Å². The van der Waals surface area contributed by atoms with Crippen molar-refractivity contribution in [2.24, 2.45) is 0 Å². The minimum absolute atomic E-state index is 0. The zero-order valence-electron chi connectivity index (χ0n) is 19.1. The normalized spacial score (nSPS) is 34.3. The zero-order valence-corrected chi connectivity index (χ0v) is 24.8. The van der Waals surface area contributed by atoms with E-state index in [-0.39, 0.29) is 65.4 Å². The van der Waals surface area contributed by atoms with Gasteiger partial charge in [0.15, 0.2) is 6.29 Å². The van der Waals surface area contributed by atoms with Crippen LogP contribution in [0, 0.1) is 12.8 Å². The summed E-state index contributed by atoms with van der Waals surface area (Å²) in [4.78, 5) is 10.3. The number of rotatable bonds is 4. The Kier molecular flexibility index (Phi) is 24.6. The number of allylic oxidation sites excluding steroid dienone is 1. The molecular formula is C20H36O9Y2-2. The number of methoxy groups -OCH3 is 2. The summed E-state index contributed by atoms with van der Waals surface area (Å²) in [5.74, 6) is 0. The van der Waals surface area contributed by atoms with Crippen LogP contribution in [0.5, 0.6) is 0 Å². The van der Waals surface area contributed by atoms with Crippen molar-refractivity contribution in [1.29, 1.82) is 0 Å². The van der Waals surface area contributed by atoms with Crippen LogP contribution in [0.15, 0.2) is 11.6 Å². The first-order valence-electron chi connectivity index (χ1n) is 9.54. The van der Waals surface area contributed by atoms with Crippen molar-refractivity contribution in [1.82, 2.24) is 0 Å². The SMILES string of the molecule is CCC.COC1[CH-][C@@H](O)[C@@H](O)[C@@H](C=C(C)C)O1.COC1[CH-][C@@H](O)[C@@H](O)[C@@H](C=O)O1.[Y].[Y]. The van der Waals surface area contributed by atoms with E-state index in [1.165, 1.54) is 33.5 Å². The van der Waals surface area contributed by atoms with Crippen LogP contribution in [-0.2, 0) is 89.2 Å². The molecule has 2 aliphatic rings. The molecule has 11 heteroatoms. The van der Waals surface area contributed by atoms with E-state index in [1.807, 2.05) is 13.8 Å². The predicted octanol–water partition coefficient (Wildman–Crippen LogP) is 0.144. The number of hydrogen-bond donors (Lipinski definition) is 4. The summed E-state index contributed by atoms with van der Waals surface area (Å²) in [7, 11) is 2.87. The van der Waals surface area contributed by atoms with Crippen LogP contribution in [0.25, 0.3) is 0 Å². The summed E-state index contributed by atoms with van der Waals surface area (Å²) in [5, 5.41) is 37.4. The third-order valence-electron chi connectivity index (χ3n) is 3.76. The Hall–Kier alpha value is 1.30. The van der Waals surface area contributed by atoms with Gasteiger partial charge in [0, 0.05) is 92.2 Å². The Morgan fingerprint density at radius 2 is 1.23 bits per heavy atom. The summed E-state index contributed by atoms with van der Waals surface area (Å²) < 4.78 is 20.0. The van der Waals surface area contributed by atoms with E-state index >= 15 is 0 Å². The number of aliphatic hydroxyl groups excluding tert-OH is 4. The summed E-state index contributed by atoms with van der Waals surface area (Å²) in [6, 6.07) is 0. The minimum atomic E-state index is -1.20. The van der Waals surface area contributed by atoms with Crippen LogP contribution in [0.3, 0.4) is 0 Å². The zero-order chi connectivity index (χ0) is 22.6. The third kappa shape index (κ3) is 14.3. The van der Waals surface area contributed by atoms with Crippen molar-refractivity contribution < 1.29 is 110 Å². The van der Waals surface area contributed by atoms with Crippen molar-refractivity contribution in [2.75, 3.05) is 14.2 Å². The predicted molar refractivity (Wildman–Crippen MR) is 105 cm³/mol. The fraction of sp³-hybridized carbons (Fsp3) is 0.750. The van der Waals surface area contributed by atoms with Crippen LogP contribution < -0.4 is 0 Å². The fourth-order valence-electron chi connectivity index (χ4n) is 2.35. The first kappa shape index (κ1) is 36.9. The topological polar surface area (TPSA) is 135 Å². The van der Waals surface area contributed by atoms with E-state index in [0.717, 1.165) is 5.57 Å². The number of hydrogen-bond acceptors (Lipinski definition) is 9. The molecule has 2 unspecified atom stereocenters. The molecule has 0 aromatic carbocycles. The fourth-order valence-corrected chi connectivity index (χ4v) is 2.35. The Bertz CT molecular complexity index is 478. The smallest absolute Gasteiger partial charge is 0.151 e. The van der Waals surface area contributed by atoms with Gasteiger partial charge in [-0.1, -0.05) is 31.9 Å². The second-order valence-electron chi connectivity index (χ2n) is 6.84. The molecule has 178 valence electrons. The van der Waals surface area contributed by atoms with Crippen molar-refractivity contribution in [3.05, 3.63) is 24.5 Å². The molecule has 0 amide bonds. The number of aldehydes is 1. The van der Waals surface area contributed by atoms with Crippen molar-refractivity contribution in [2.45, 2.75) is 83.3 Å². The van der Waals surface area contributed by atoms with Gasteiger partial charge in [-0.25, -0.2) is 12.8 Å². The molecule has 2 fully saturated rings. The first-order chi connectivity index (χ1) is 13.6. The molecule has 2 rings (SSSR count). The quantitative estimate of drug-likeness (QED) is 0.203. The standard InChI is InChI=1S/C10H17O4.C7H11O5.C3H8.2Y/c1-6(2)4-8-10(12)7(11)5-9(13-3)14-8;1-11-6-2-4(9)7(10)5(3-8)12-6;1-3-2;;/h4-5,7-12H,1-3H3;2-7,9-10H,1H3;3H2,1-2H3;;/q2*-1;;;/t7-,8-,9?,10-;4-,5-,6?,7-;;;/m11.../s1. The summed E-state index contributed by atoms with van der Waals surface area (Å²) >= 11 is 0. The molecule has 2 heterocycles. The van der Waals surface area contributed by atoms with Crippen LogP contribution in [0.1, 0.15) is 34.1 Å². The first-order valence-corrected chi connectivity index (χ1v) is 9.54. The molecule has 9 nitrogen and oxygen atoms in total. The van der Waals surface area contributed by atoms with E-state index < -0.39 is 49.2 Å². The van der Waals surface area contributed by atoms with E-state index in [2.05, 4.69) is 13.8 Å². The number of carbonyl (C=O) groups excluding carboxylic acids is 1. The van der Waals surface area contributed by atoms with Gasteiger partial charge in [-0.3, -0.25) is 0 Å². The Labute approximate surface area is 236 Å². The van der Waals surface area contributed by atoms with Gasteiger partial charge in [-0.05, 0) is 26.1 Å². The summed E-state index contributed by atoms with van der Waals surface area (Å²) in [6.07, 6.45) is -0.768. The molecule has 8 atom stereocenters. The molecular weight excluding hydrogens is 562 g/mol.